The Morgan fingerprint density at radius 2 is 1.79 bits per heavy atom. The highest BCUT2D eigenvalue weighted by Gasteiger charge is 2.47. The summed E-state index contributed by atoms with van der Waals surface area (Å²) in [5, 5.41) is 10.9. The summed E-state index contributed by atoms with van der Waals surface area (Å²) in [7, 11) is 0. The number of aliphatic hydroxyl groups is 1. The minimum Gasteiger partial charge on any atom is -0.507 e. The molecule has 0 bridgehead atoms. The van der Waals surface area contributed by atoms with Crippen LogP contribution in [0, 0.1) is 6.92 Å². The molecule has 28 heavy (non-hydrogen) atoms. The van der Waals surface area contributed by atoms with E-state index in [2.05, 4.69) is 13.8 Å². The lowest BCUT2D eigenvalue weighted by molar-refractivity contribution is -0.140. The third kappa shape index (κ3) is 3.75. The molecule has 1 aromatic heterocycles. The van der Waals surface area contributed by atoms with Crippen molar-refractivity contribution in [1.29, 1.82) is 0 Å². The molecule has 1 N–H and O–H groups in total. The zero-order valence-electron chi connectivity index (χ0n) is 16.7. The number of ketones is 1. The summed E-state index contributed by atoms with van der Waals surface area (Å²) < 4.78 is 5.76. The van der Waals surface area contributed by atoms with Crippen molar-refractivity contribution in [3.8, 4) is 0 Å². The number of unbranched alkanes of at least 4 members (excludes halogenated alkanes) is 2. The number of carbonyl (C=O) groups is 2. The van der Waals surface area contributed by atoms with E-state index in [1.807, 2.05) is 19.1 Å². The Balaban J connectivity index is 2.07. The molecular weight excluding hydrogens is 354 g/mol. The predicted octanol–water partition coefficient (Wildman–Crippen LogP) is 4.76. The number of benzene rings is 1. The molecule has 2 heterocycles. The predicted molar refractivity (Wildman–Crippen MR) is 108 cm³/mol. The van der Waals surface area contributed by atoms with Gasteiger partial charge >= 0.3 is 0 Å². The van der Waals surface area contributed by atoms with Gasteiger partial charge in [0.05, 0.1) is 5.57 Å². The number of furan rings is 1. The molecule has 0 radical (unpaired) electrons. The first-order valence-corrected chi connectivity index (χ1v) is 9.92. The number of carbonyl (C=O) groups excluding carboxylic acids is 2. The van der Waals surface area contributed by atoms with Crippen molar-refractivity contribution < 1.29 is 19.1 Å². The number of nitrogens with zero attached hydrogens (tertiary/aromatic N) is 1. The van der Waals surface area contributed by atoms with Gasteiger partial charge in [0.25, 0.3) is 11.7 Å². The molecule has 1 aliphatic heterocycles. The Morgan fingerprint density at radius 3 is 2.36 bits per heavy atom. The number of aryl methyl sites for hydroxylation is 2. The van der Waals surface area contributed by atoms with Crippen LogP contribution in [0.25, 0.3) is 5.76 Å². The van der Waals surface area contributed by atoms with Crippen molar-refractivity contribution in [2.24, 2.45) is 0 Å². The highest BCUT2D eigenvalue weighted by Crippen LogP contribution is 2.40. The summed E-state index contributed by atoms with van der Waals surface area (Å²) in [4.78, 5) is 27.1. The quantitative estimate of drug-likeness (QED) is 0.325. The Bertz CT molecular complexity index is 892. The minimum atomic E-state index is -0.698. The topological polar surface area (TPSA) is 70.8 Å². The Labute approximate surface area is 165 Å². The third-order valence-electron chi connectivity index (χ3n) is 5.21. The van der Waals surface area contributed by atoms with Gasteiger partial charge in [-0.1, -0.05) is 51.0 Å². The molecule has 1 atom stereocenters. The smallest absolute Gasteiger partial charge is 0.295 e. The molecule has 1 aromatic carbocycles. The van der Waals surface area contributed by atoms with Gasteiger partial charge in [0, 0.05) is 12.1 Å². The molecule has 3 rings (SSSR count). The SMILES string of the molecule is CCCCCN1C(=O)C(=O)/C(=C(\O)c2ccc(CC)cc2)C1c1ccc(C)o1. The van der Waals surface area contributed by atoms with Crippen LogP contribution in [0.3, 0.4) is 0 Å². The van der Waals surface area contributed by atoms with Gasteiger partial charge in [-0.2, -0.15) is 0 Å². The second-order valence-corrected chi connectivity index (χ2v) is 7.20. The van der Waals surface area contributed by atoms with E-state index >= 15 is 0 Å². The molecule has 0 spiro atoms. The van der Waals surface area contributed by atoms with Gasteiger partial charge in [-0.15, -0.1) is 0 Å². The highest BCUT2D eigenvalue weighted by molar-refractivity contribution is 6.46. The molecule has 1 unspecified atom stereocenters. The number of hydrogen-bond donors (Lipinski definition) is 1. The maximum atomic E-state index is 12.8. The maximum absolute atomic E-state index is 12.8. The van der Waals surface area contributed by atoms with Crippen LogP contribution in [0.5, 0.6) is 0 Å². The summed E-state index contributed by atoms with van der Waals surface area (Å²) in [6.45, 7) is 6.40. The molecular formula is C23H27NO4. The average Bonchev–Trinajstić information content (AvgIpc) is 3.24. The van der Waals surface area contributed by atoms with E-state index in [1.165, 1.54) is 4.90 Å². The molecule has 1 saturated heterocycles. The van der Waals surface area contributed by atoms with Crippen molar-refractivity contribution in [3.05, 3.63) is 64.6 Å². The first kappa shape index (κ1) is 19.9. The maximum Gasteiger partial charge on any atom is 0.295 e. The van der Waals surface area contributed by atoms with E-state index in [0.29, 0.717) is 23.6 Å². The molecule has 5 heteroatoms. The van der Waals surface area contributed by atoms with Gasteiger partial charge in [0.2, 0.25) is 0 Å². The first-order valence-electron chi connectivity index (χ1n) is 9.92. The van der Waals surface area contributed by atoms with Gasteiger partial charge in [-0.3, -0.25) is 9.59 Å². The Hall–Kier alpha value is -2.82. The lowest BCUT2D eigenvalue weighted by Gasteiger charge is -2.23. The van der Waals surface area contributed by atoms with Crippen molar-refractivity contribution in [3.63, 3.8) is 0 Å². The van der Waals surface area contributed by atoms with Crippen molar-refractivity contribution >= 4 is 17.4 Å². The van der Waals surface area contributed by atoms with Crippen LogP contribution in [-0.4, -0.2) is 28.2 Å². The first-order chi connectivity index (χ1) is 13.5. The number of aliphatic hydroxyl groups excluding tert-OH is 1. The van der Waals surface area contributed by atoms with Crippen LogP contribution in [0.1, 0.15) is 61.8 Å². The molecule has 0 saturated carbocycles. The van der Waals surface area contributed by atoms with Gasteiger partial charge in [-0.05, 0) is 37.5 Å². The third-order valence-corrected chi connectivity index (χ3v) is 5.21. The lowest BCUT2D eigenvalue weighted by Crippen LogP contribution is -2.30. The fraction of sp³-hybridized carbons (Fsp3) is 0.391. The number of Topliss-reactive ketones (excluding diaryl/α,β-unsaturated/α-hetero) is 1. The molecule has 1 aliphatic rings. The molecule has 0 aliphatic carbocycles. The fourth-order valence-electron chi connectivity index (χ4n) is 3.59. The molecule has 1 amide bonds. The van der Waals surface area contributed by atoms with Crippen LogP contribution in [0.2, 0.25) is 0 Å². The normalized spacial score (nSPS) is 18.8. The molecule has 148 valence electrons. The van der Waals surface area contributed by atoms with Crippen molar-refractivity contribution in [2.75, 3.05) is 6.54 Å². The standard InChI is InChI=1S/C23H27NO4/c1-4-6-7-14-24-20(18-13-8-15(3)28-18)19(22(26)23(24)27)21(25)17-11-9-16(5-2)10-12-17/h8-13,20,25H,4-7,14H2,1-3H3/b21-19-. The summed E-state index contributed by atoms with van der Waals surface area (Å²) in [5.74, 6) is -0.200. The zero-order valence-corrected chi connectivity index (χ0v) is 16.7. The van der Waals surface area contributed by atoms with Crippen LogP contribution >= 0.6 is 0 Å². The number of likely N-dealkylation sites (tertiary alicyclic amines) is 1. The summed E-state index contributed by atoms with van der Waals surface area (Å²) in [5.41, 5.74) is 1.76. The van der Waals surface area contributed by atoms with Crippen LogP contribution in [-0.2, 0) is 16.0 Å². The number of rotatable bonds is 7. The van der Waals surface area contributed by atoms with Crippen LogP contribution < -0.4 is 0 Å². The lowest BCUT2D eigenvalue weighted by atomic mass is 9.98. The van der Waals surface area contributed by atoms with E-state index < -0.39 is 17.7 Å². The van der Waals surface area contributed by atoms with Gasteiger partial charge < -0.3 is 14.4 Å². The molecule has 2 aromatic rings. The minimum absolute atomic E-state index is 0.0973. The monoisotopic (exact) mass is 381 g/mol. The van der Waals surface area contributed by atoms with Crippen molar-refractivity contribution in [2.45, 2.75) is 52.5 Å². The Morgan fingerprint density at radius 1 is 1.07 bits per heavy atom. The fourth-order valence-corrected chi connectivity index (χ4v) is 3.59. The summed E-state index contributed by atoms with van der Waals surface area (Å²) in [6, 6.07) is 10.3. The highest BCUT2D eigenvalue weighted by atomic mass is 16.3. The van der Waals surface area contributed by atoms with E-state index in [0.717, 1.165) is 31.2 Å². The Kier molecular flexibility index (Phi) is 6.02. The number of hydrogen-bond acceptors (Lipinski definition) is 4. The van der Waals surface area contributed by atoms with Crippen LogP contribution in [0.4, 0.5) is 0 Å². The van der Waals surface area contributed by atoms with Crippen molar-refractivity contribution in [1.82, 2.24) is 4.90 Å². The van der Waals surface area contributed by atoms with E-state index in [1.54, 1.807) is 24.3 Å². The van der Waals surface area contributed by atoms with E-state index in [4.69, 9.17) is 4.42 Å². The summed E-state index contributed by atoms with van der Waals surface area (Å²) in [6.07, 6.45) is 3.66. The van der Waals surface area contributed by atoms with E-state index in [9.17, 15) is 14.7 Å². The second-order valence-electron chi connectivity index (χ2n) is 7.20. The van der Waals surface area contributed by atoms with Gasteiger partial charge in [-0.25, -0.2) is 0 Å². The molecule has 5 nitrogen and oxygen atoms in total. The molecule has 1 fully saturated rings. The number of amides is 1. The second kappa shape index (κ2) is 8.46. The average molecular weight is 381 g/mol. The zero-order chi connectivity index (χ0) is 20.3. The van der Waals surface area contributed by atoms with E-state index in [-0.39, 0.29) is 11.3 Å². The van der Waals surface area contributed by atoms with Gasteiger partial charge in [0.1, 0.15) is 23.3 Å². The summed E-state index contributed by atoms with van der Waals surface area (Å²) >= 11 is 0. The van der Waals surface area contributed by atoms with Crippen LogP contribution in [0.15, 0.2) is 46.4 Å². The largest absolute Gasteiger partial charge is 0.507 e. The van der Waals surface area contributed by atoms with Gasteiger partial charge in [0.15, 0.2) is 0 Å².